The van der Waals surface area contributed by atoms with Crippen molar-refractivity contribution in [2.75, 3.05) is 20.2 Å². The number of rotatable bonds is 10. The van der Waals surface area contributed by atoms with Crippen molar-refractivity contribution in [3.8, 4) is 33.6 Å². The molecule has 2 aromatic carbocycles. The summed E-state index contributed by atoms with van der Waals surface area (Å²) in [5.74, 6) is 0.998. The van der Waals surface area contributed by atoms with E-state index < -0.39 is 29.9 Å². The van der Waals surface area contributed by atoms with Crippen LogP contribution >= 0.6 is 0 Å². The number of nitrogens with zero attached hydrogens (tertiary/aromatic N) is 4. The molecular formula is C40H50N8O6. The number of methoxy groups -OCH3 is 1. The highest BCUT2D eigenvalue weighted by Gasteiger charge is 2.37. The molecule has 4 heterocycles. The first kappa shape index (κ1) is 38.1. The predicted octanol–water partition coefficient (Wildman–Crippen LogP) is 6.19. The number of carbonyl (C=O) groups is 4. The van der Waals surface area contributed by atoms with Gasteiger partial charge in [0, 0.05) is 13.1 Å². The molecule has 0 bridgehead atoms. The highest BCUT2D eigenvalue weighted by Crippen LogP contribution is 2.33. The van der Waals surface area contributed by atoms with Gasteiger partial charge in [0.25, 0.3) is 0 Å². The number of aromatic amines is 2. The van der Waals surface area contributed by atoms with Gasteiger partial charge in [-0.25, -0.2) is 19.6 Å². The summed E-state index contributed by atoms with van der Waals surface area (Å²) in [6.07, 6.45) is 5.32. The van der Waals surface area contributed by atoms with Gasteiger partial charge in [0.2, 0.25) is 11.8 Å². The Morgan fingerprint density at radius 1 is 0.852 bits per heavy atom. The van der Waals surface area contributed by atoms with E-state index in [1.807, 2.05) is 38.1 Å². The van der Waals surface area contributed by atoms with E-state index in [9.17, 15) is 19.2 Å². The molecule has 4 amide bonds. The second kappa shape index (κ2) is 16.1. The molecule has 6 rings (SSSR count). The molecule has 2 aromatic heterocycles. The third-order valence-corrected chi connectivity index (χ3v) is 9.75. The highest BCUT2D eigenvalue weighted by atomic mass is 16.6. The number of likely N-dealkylation sites (tertiary alicyclic amines) is 2. The zero-order chi connectivity index (χ0) is 38.6. The van der Waals surface area contributed by atoms with Gasteiger partial charge in [-0.3, -0.25) is 9.59 Å². The minimum absolute atomic E-state index is 0.104. The predicted molar refractivity (Wildman–Crippen MR) is 203 cm³/mol. The number of ether oxygens (including phenoxy) is 2. The van der Waals surface area contributed by atoms with E-state index in [0.29, 0.717) is 31.9 Å². The zero-order valence-corrected chi connectivity index (χ0v) is 31.8. The summed E-state index contributed by atoms with van der Waals surface area (Å²) < 4.78 is 10.1. The second-order valence-corrected chi connectivity index (χ2v) is 15.2. The minimum Gasteiger partial charge on any atom is -0.453 e. The summed E-state index contributed by atoms with van der Waals surface area (Å²) in [4.78, 5) is 70.3. The molecule has 0 saturated carbocycles. The van der Waals surface area contributed by atoms with Crippen LogP contribution in [0.2, 0.25) is 0 Å². The summed E-state index contributed by atoms with van der Waals surface area (Å²) in [6, 6.07) is 14.9. The molecule has 2 fully saturated rings. The van der Waals surface area contributed by atoms with Gasteiger partial charge in [0.15, 0.2) is 0 Å². The van der Waals surface area contributed by atoms with Gasteiger partial charge in [-0.2, -0.15) is 0 Å². The molecule has 54 heavy (non-hydrogen) atoms. The average molecular weight is 739 g/mol. The van der Waals surface area contributed by atoms with E-state index in [0.717, 1.165) is 58.7 Å². The van der Waals surface area contributed by atoms with Crippen molar-refractivity contribution in [3.63, 3.8) is 0 Å². The first-order chi connectivity index (χ1) is 25.8. The van der Waals surface area contributed by atoms with Crippen LogP contribution in [0, 0.1) is 5.92 Å². The van der Waals surface area contributed by atoms with Crippen molar-refractivity contribution in [2.24, 2.45) is 5.92 Å². The number of aromatic nitrogens is 4. The first-order valence-corrected chi connectivity index (χ1v) is 18.5. The summed E-state index contributed by atoms with van der Waals surface area (Å²) in [6.45, 7) is 10.7. The lowest BCUT2D eigenvalue weighted by atomic mass is 10.0. The Morgan fingerprint density at radius 2 is 1.44 bits per heavy atom. The topological polar surface area (TPSA) is 175 Å². The Balaban J connectivity index is 1.06. The van der Waals surface area contributed by atoms with Gasteiger partial charge in [0.1, 0.15) is 29.3 Å². The van der Waals surface area contributed by atoms with Crippen LogP contribution in [0.5, 0.6) is 0 Å². The highest BCUT2D eigenvalue weighted by molar-refractivity contribution is 5.87. The van der Waals surface area contributed by atoms with Gasteiger partial charge >= 0.3 is 12.2 Å². The molecule has 4 aromatic rings. The Kier molecular flexibility index (Phi) is 11.4. The molecule has 0 unspecified atom stereocenters. The molecule has 4 N–H and O–H groups in total. The van der Waals surface area contributed by atoms with Crippen LogP contribution in [0.25, 0.3) is 33.6 Å². The Bertz CT molecular complexity index is 1950. The maximum absolute atomic E-state index is 13.5. The standard InChI is InChI=1S/C40H50N8O6/c1-24(2)34(46-38(51)53-6)37(50)48-20-8-10-32(48)35-42-22-31(44-35)28-17-13-26(14-18-28)25-11-15-27(16-12-25)30-21-41-33(43-30)23-47-19-7-9-29(36(47)49)45-39(52)54-40(3,4)5/h11-18,21-22,24,29,32,34H,7-10,19-20,23H2,1-6H3,(H,41,43)(H,42,44)(H,45,52)(H,46,51)/t29-,32-,34-/m0/s1. The summed E-state index contributed by atoms with van der Waals surface area (Å²) in [5, 5.41) is 5.41. The maximum Gasteiger partial charge on any atom is 0.408 e. The lowest BCUT2D eigenvalue weighted by Gasteiger charge is -2.32. The first-order valence-electron chi connectivity index (χ1n) is 18.5. The molecule has 0 radical (unpaired) electrons. The van der Waals surface area contributed by atoms with Crippen molar-refractivity contribution in [1.82, 2.24) is 40.4 Å². The van der Waals surface area contributed by atoms with Crippen LogP contribution in [0.1, 0.15) is 78.0 Å². The van der Waals surface area contributed by atoms with Gasteiger partial charge in [-0.15, -0.1) is 0 Å². The normalized spacial score (nSPS) is 18.1. The Hall–Kier alpha value is -5.66. The van der Waals surface area contributed by atoms with Crippen molar-refractivity contribution >= 4 is 24.0 Å². The third kappa shape index (κ3) is 8.92. The summed E-state index contributed by atoms with van der Waals surface area (Å²) >= 11 is 0. The molecule has 2 aliphatic heterocycles. The van der Waals surface area contributed by atoms with Crippen molar-refractivity contribution in [3.05, 3.63) is 72.6 Å². The van der Waals surface area contributed by atoms with Gasteiger partial charge in [0.05, 0.1) is 43.5 Å². The number of imidazole rings is 2. The lowest BCUT2D eigenvalue weighted by Crippen LogP contribution is -2.52. The number of hydrogen-bond acceptors (Lipinski definition) is 8. The van der Waals surface area contributed by atoms with Crippen LogP contribution in [0.15, 0.2) is 60.9 Å². The monoisotopic (exact) mass is 738 g/mol. The Morgan fingerprint density at radius 3 is 2.06 bits per heavy atom. The number of piperidine rings is 1. The van der Waals surface area contributed by atoms with E-state index in [1.54, 1.807) is 43.0 Å². The summed E-state index contributed by atoms with van der Waals surface area (Å²) in [7, 11) is 1.29. The fraction of sp³-hybridized carbons (Fsp3) is 0.450. The number of benzene rings is 2. The van der Waals surface area contributed by atoms with E-state index >= 15 is 0 Å². The van der Waals surface area contributed by atoms with E-state index in [2.05, 4.69) is 54.8 Å². The van der Waals surface area contributed by atoms with Crippen molar-refractivity contribution < 1.29 is 28.7 Å². The molecule has 286 valence electrons. The number of H-pyrrole nitrogens is 2. The minimum atomic E-state index is -0.687. The van der Waals surface area contributed by atoms with E-state index in [4.69, 9.17) is 9.47 Å². The third-order valence-electron chi connectivity index (χ3n) is 9.75. The SMILES string of the molecule is COC(=O)N[C@H](C(=O)N1CCC[C@H]1c1ncc(-c2ccc(-c3ccc(-c4cnc(CN5CCC[C@H](NC(=O)OC(C)(C)C)C5=O)[nH]4)cc3)cc2)[nH]1)C(C)C. The molecule has 14 nitrogen and oxygen atoms in total. The van der Waals surface area contributed by atoms with Crippen molar-refractivity contribution in [1.29, 1.82) is 0 Å². The van der Waals surface area contributed by atoms with Crippen LogP contribution in [0.3, 0.4) is 0 Å². The largest absolute Gasteiger partial charge is 0.453 e. The molecule has 3 atom stereocenters. The van der Waals surface area contributed by atoms with Gasteiger partial charge in [-0.1, -0.05) is 62.4 Å². The number of carbonyl (C=O) groups excluding carboxylic acids is 4. The fourth-order valence-electron chi connectivity index (χ4n) is 6.98. The van der Waals surface area contributed by atoms with Crippen LogP contribution in [-0.4, -0.2) is 91.6 Å². The lowest BCUT2D eigenvalue weighted by molar-refractivity contribution is -0.137. The fourth-order valence-corrected chi connectivity index (χ4v) is 6.98. The smallest absolute Gasteiger partial charge is 0.408 e. The quantitative estimate of drug-likeness (QED) is 0.149. The summed E-state index contributed by atoms with van der Waals surface area (Å²) in [5.41, 5.74) is 5.11. The Labute approximate surface area is 315 Å². The van der Waals surface area contributed by atoms with Gasteiger partial charge < -0.3 is 39.9 Å². The molecule has 0 aliphatic carbocycles. The van der Waals surface area contributed by atoms with Crippen LogP contribution in [0.4, 0.5) is 9.59 Å². The van der Waals surface area contributed by atoms with Crippen LogP contribution < -0.4 is 10.6 Å². The van der Waals surface area contributed by atoms with Crippen LogP contribution in [-0.2, 0) is 25.6 Å². The number of nitrogens with one attached hydrogen (secondary N) is 4. The van der Waals surface area contributed by atoms with Gasteiger partial charge in [-0.05, 0) is 74.6 Å². The molecule has 0 spiro atoms. The molecule has 14 heteroatoms. The molecule has 2 saturated heterocycles. The molecule has 2 aliphatic rings. The van der Waals surface area contributed by atoms with E-state index in [-0.39, 0.29) is 23.8 Å². The number of amides is 4. The second-order valence-electron chi connectivity index (χ2n) is 15.2. The zero-order valence-electron chi connectivity index (χ0n) is 31.8. The number of alkyl carbamates (subject to hydrolysis) is 2. The van der Waals surface area contributed by atoms with E-state index in [1.165, 1.54) is 7.11 Å². The molecular weight excluding hydrogens is 688 g/mol. The van der Waals surface area contributed by atoms with Crippen molar-refractivity contribution in [2.45, 2.75) is 90.6 Å². The average Bonchev–Trinajstić information content (AvgIpc) is 3.93. The number of hydrogen-bond donors (Lipinski definition) is 4. The maximum atomic E-state index is 13.5.